The summed E-state index contributed by atoms with van der Waals surface area (Å²) in [6, 6.07) is 14.2. The van der Waals surface area contributed by atoms with Gasteiger partial charge in [-0.2, -0.15) is 0 Å². The molecule has 2 heterocycles. The molecule has 2 aliphatic rings. The van der Waals surface area contributed by atoms with Gasteiger partial charge in [0.2, 0.25) is 11.6 Å². The average Bonchev–Trinajstić information content (AvgIpc) is 3.09. The van der Waals surface area contributed by atoms with Crippen molar-refractivity contribution in [3.05, 3.63) is 76.8 Å². The number of hydrogen-bond acceptors (Lipinski definition) is 3. The molecule has 2 atom stereocenters. The first-order valence-electron chi connectivity index (χ1n) is 9.82. The van der Waals surface area contributed by atoms with Crippen LogP contribution in [-0.4, -0.2) is 34.8 Å². The second kappa shape index (κ2) is 7.72. The highest BCUT2D eigenvalue weighted by molar-refractivity contribution is 9.10. The van der Waals surface area contributed by atoms with E-state index in [1.807, 2.05) is 31.2 Å². The number of nitrogens with one attached hydrogen (secondary N) is 1. The minimum absolute atomic E-state index is 0.160. The minimum Gasteiger partial charge on any atom is -0.346 e. The predicted molar refractivity (Wildman–Crippen MR) is 118 cm³/mol. The summed E-state index contributed by atoms with van der Waals surface area (Å²) >= 11 is 3.52. The van der Waals surface area contributed by atoms with Crippen molar-refractivity contribution >= 4 is 39.3 Å². The zero-order valence-corrected chi connectivity index (χ0v) is 18.2. The van der Waals surface area contributed by atoms with E-state index in [0.717, 1.165) is 10.0 Å². The lowest BCUT2D eigenvalue weighted by Gasteiger charge is -2.49. The summed E-state index contributed by atoms with van der Waals surface area (Å²) in [6.07, 6.45) is 2.00. The monoisotopic (exact) mass is 467 g/mol. The zero-order chi connectivity index (χ0) is 21.5. The van der Waals surface area contributed by atoms with E-state index in [-0.39, 0.29) is 43.1 Å². The number of rotatable bonds is 5. The summed E-state index contributed by atoms with van der Waals surface area (Å²) in [5.74, 6) is -0.825. The average molecular weight is 468 g/mol. The Labute approximate surface area is 183 Å². The van der Waals surface area contributed by atoms with Gasteiger partial charge in [0.25, 0.3) is 11.8 Å². The summed E-state index contributed by atoms with van der Waals surface area (Å²) in [4.78, 5) is 42.9. The molecule has 30 heavy (non-hydrogen) atoms. The van der Waals surface area contributed by atoms with Crippen molar-refractivity contribution in [2.75, 3.05) is 11.4 Å². The molecule has 1 fully saturated rings. The summed E-state index contributed by atoms with van der Waals surface area (Å²) < 4.78 is 0.877. The second-order valence-electron chi connectivity index (χ2n) is 7.48. The van der Waals surface area contributed by atoms with E-state index in [1.54, 1.807) is 30.3 Å². The Hall–Kier alpha value is -2.93. The highest BCUT2D eigenvalue weighted by Crippen LogP contribution is 2.44. The molecular weight excluding hydrogens is 446 g/mol. The Kier molecular flexibility index (Phi) is 5.24. The van der Waals surface area contributed by atoms with Gasteiger partial charge in [0.05, 0.1) is 17.3 Å². The van der Waals surface area contributed by atoms with E-state index in [0.29, 0.717) is 11.3 Å². The number of amides is 3. The van der Waals surface area contributed by atoms with Gasteiger partial charge in [-0.25, -0.2) is 0 Å². The zero-order valence-electron chi connectivity index (χ0n) is 16.6. The largest absolute Gasteiger partial charge is 0.346 e. The van der Waals surface area contributed by atoms with Gasteiger partial charge in [-0.3, -0.25) is 19.3 Å². The minimum atomic E-state index is -1.41. The molecule has 154 valence electrons. The molecule has 4 rings (SSSR count). The fraction of sp³-hybridized carbons (Fsp3) is 0.261. The third-order valence-corrected chi connectivity index (χ3v) is 6.49. The Morgan fingerprint density at radius 2 is 1.93 bits per heavy atom. The summed E-state index contributed by atoms with van der Waals surface area (Å²) in [6.45, 7) is 5.80. The predicted octanol–water partition coefficient (Wildman–Crippen LogP) is 3.79. The molecule has 7 heteroatoms. The molecule has 6 nitrogen and oxygen atoms in total. The maximum Gasteiger partial charge on any atom is 0.267 e. The normalized spacial score (nSPS) is 21.1. The van der Waals surface area contributed by atoms with Crippen LogP contribution in [0.4, 0.5) is 5.69 Å². The number of para-hydroxylation sites is 1. The second-order valence-corrected chi connectivity index (χ2v) is 8.34. The highest BCUT2D eigenvalue weighted by atomic mass is 79.9. The molecule has 2 aliphatic heterocycles. The van der Waals surface area contributed by atoms with Gasteiger partial charge < -0.3 is 10.2 Å². The van der Waals surface area contributed by atoms with Gasteiger partial charge >= 0.3 is 0 Å². The summed E-state index contributed by atoms with van der Waals surface area (Å²) in [5, 5.41) is 3.04. The number of nitrogens with zero attached hydrogens (tertiary/aromatic N) is 2. The molecule has 0 unspecified atom stereocenters. The molecule has 0 spiro atoms. The first-order chi connectivity index (χ1) is 14.4. The Morgan fingerprint density at radius 3 is 2.67 bits per heavy atom. The van der Waals surface area contributed by atoms with E-state index in [4.69, 9.17) is 0 Å². The topological polar surface area (TPSA) is 69.7 Å². The van der Waals surface area contributed by atoms with Crippen molar-refractivity contribution in [1.29, 1.82) is 0 Å². The number of hydrogen-bond donors (Lipinski definition) is 1. The first-order valence-corrected chi connectivity index (χ1v) is 10.6. The Bertz CT molecular complexity index is 1050. The molecule has 2 aromatic rings. The van der Waals surface area contributed by atoms with Crippen LogP contribution in [0.25, 0.3) is 0 Å². The van der Waals surface area contributed by atoms with Crippen LogP contribution in [-0.2, 0) is 9.59 Å². The molecular formula is C23H22BrN3O3. The lowest BCUT2D eigenvalue weighted by Crippen LogP contribution is -2.70. The first kappa shape index (κ1) is 20.3. The maximum atomic E-state index is 13.7. The number of fused-ring (bicyclic) bond motifs is 3. The van der Waals surface area contributed by atoms with Crippen LogP contribution >= 0.6 is 15.9 Å². The molecule has 0 aromatic heterocycles. The van der Waals surface area contributed by atoms with E-state index in [2.05, 4.69) is 27.8 Å². The quantitative estimate of drug-likeness (QED) is 0.679. The third-order valence-electron chi connectivity index (χ3n) is 5.77. The number of carbonyl (C=O) groups excluding carboxylic acids is 3. The molecule has 2 aromatic carbocycles. The maximum absolute atomic E-state index is 13.7. The molecule has 1 N–H and O–H groups in total. The molecule has 1 saturated heterocycles. The van der Waals surface area contributed by atoms with E-state index < -0.39 is 5.66 Å². The third kappa shape index (κ3) is 2.96. The number of halogens is 1. The number of carbonyl (C=O) groups is 3. The van der Waals surface area contributed by atoms with Crippen LogP contribution in [0.15, 0.2) is 65.7 Å². The van der Waals surface area contributed by atoms with Gasteiger partial charge in [0.15, 0.2) is 0 Å². The summed E-state index contributed by atoms with van der Waals surface area (Å²) in [7, 11) is 0. The lowest BCUT2D eigenvalue weighted by molar-refractivity contribution is -0.134. The van der Waals surface area contributed by atoms with Crippen LogP contribution < -0.4 is 10.2 Å². The van der Waals surface area contributed by atoms with Gasteiger partial charge in [-0.1, -0.05) is 52.3 Å². The lowest BCUT2D eigenvalue weighted by atomic mass is 9.95. The van der Waals surface area contributed by atoms with Crippen LogP contribution in [0.5, 0.6) is 0 Å². The van der Waals surface area contributed by atoms with Crippen molar-refractivity contribution in [2.45, 2.75) is 31.5 Å². The smallest absolute Gasteiger partial charge is 0.267 e. The Balaban J connectivity index is 1.79. The molecule has 0 bridgehead atoms. The van der Waals surface area contributed by atoms with Crippen molar-refractivity contribution < 1.29 is 14.4 Å². The number of anilines is 1. The molecule has 0 radical (unpaired) electrons. The SMILES string of the molecule is C=CCN1C(=O)c2ccccc2N2C(=O)CC[C@@]12C(=O)N[C@@H](C)c1ccccc1Br. The fourth-order valence-electron chi connectivity index (χ4n) is 4.38. The fourth-order valence-corrected chi connectivity index (χ4v) is 5.01. The number of benzene rings is 2. The standard InChI is InChI=1S/C23H22BrN3O3/c1-3-14-26-21(29)17-9-5-7-11-19(17)27-20(28)12-13-23(26,27)22(30)25-15(2)16-8-4-6-10-18(16)24/h3-11,15H,1,12-14H2,2H3,(H,25,30)/t15-,23+/m0/s1. The molecule has 0 saturated carbocycles. The van der Waals surface area contributed by atoms with E-state index >= 15 is 0 Å². The highest BCUT2D eigenvalue weighted by Gasteiger charge is 2.60. The van der Waals surface area contributed by atoms with Crippen LogP contribution in [0.3, 0.4) is 0 Å². The van der Waals surface area contributed by atoms with Crippen LogP contribution in [0.1, 0.15) is 41.7 Å². The van der Waals surface area contributed by atoms with E-state index in [9.17, 15) is 14.4 Å². The van der Waals surface area contributed by atoms with Crippen molar-refractivity contribution in [3.8, 4) is 0 Å². The van der Waals surface area contributed by atoms with Crippen molar-refractivity contribution in [2.24, 2.45) is 0 Å². The van der Waals surface area contributed by atoms with Crippen LogP contribution in [0.2, 0.25) is 0 Å². The van der Waals surface area contributed by atoms with E-state index in [1.165, 1.54) is 9.80 Å². The molecule has 3 amide bonds. The summed E-state index contributed by atoms with van der Waals surface area (Å²) in [5.41, 5.74) is 0.397. The van der Waals surface area contributed by atoms with Gasteiger partial charge in [-0.05, 0) is 30.7 Å². The van der Waals surface area contributed by atoms with Crippen LogP contribution in [0, 0.1) is 0 Å². The van der Waals surface area contributed by atoms with Gasteiger partial charge in [0, 0.05) is 23.9 Å². The van der Waals surface area contributed by atoms with Crippen molar-refractivity contribution in [3.63, 3.8) is 0 Å². The molecule has 0 aliphatic carbocycles. The van der Waals surface area contributed by atoms with Crippen molar-refractivity contribution in [1.82, 2.24) is 10.2 Å². The van der Waals surface area contributed by atoms with Gasteiger partial charge in [0.1, 0.15) is 0 Å². The Morgan fingerprint density at radius 1 is 1.23 bits per heavy atom. The van der Waals surface area contributed by atoms with Gasteiger partial charge in [-0.15, -0.1) is 6.58 Å².